The fraction of sp³-hybridized carbons (Fsp3) is 0.222. The van der Waals surface area contributed by atoms with Gasteiger partial charge in [0.05, 0.1) is 0 Å². The largest absolute Gasteiger partial charge is 0.454 e. The number of benzene rings is 1. The fourth-order valence-corrected chi connectivity index (χ4v) is 1.26. The van der Waals surface area contributed by atoms with Crippen molar-refractivity contribution in [3.05, 3.63) is 23.8 Å². The zero-order valence-corrected chi connectivity index (χ0v) is 7.77. The monoisotopic (exact) mass is 206 g/mol. The third-order valence-electron chi connectivity index (χ3n) is 1.98. The van der Waals surface area contributed by atoms with Crippen molar-refractivity contribution in [1.29, 1.82) is 5.53 Å². The number of ketones is 1. The molecule has 1 aromatic carbocycles. The third-order valence-corrected chi connectivity index (χ3v) is 1.98. The van der Waals surface area contributed by atoms with Gasteiger partial charge in [-0.25, -0.2) is 0 Å². The Morgan fingerprint density at radius 2 is 2.27 bits per heavy atom. The average Bonchev–Trinajstić information content (AvgIpc) is 2.72. The molecule has 6 nitrogen and oxygen atoms in total. The van der Waals surface area contributed by atoms with Crippen LogP contribution in [0.25, 0.3) is 0 Å². The van der Waals surface area contributed by atoms with Gasteiger partial charge in [0.25, 0.3) is 0 Å². The second kappa shape index (κ2) is 3.89. The molecule has 1 heterocycles. The summed E-state index contributed by atoms with van der Waals surface area (Å²) in [6.45, 7) is 0.0581. The Balaban J connectivity index is 2.22. The summed E-state index contributed by atoms with van der Waals surface area (Å²) in [4.78, 5) is 14.2. The van der Waals surface area contributed by atoms with Crippen LogP contribution < -0.4 is 14.4 Å². The Hall–Kier alpha value is -2.20. The molecule has 1 aliphatic rings. The third kappa shape index (κ3) is 1.84. The number of carbonyl (C=O) groups excluding carboxylic acids is 1. The Labute approximate surface area is 85.0 Å². The lowest BCUT2D eigenvalue weighted by atomic mass is 10.1. The van der Waals surface area contributed by atoms with Crippen LogP contribution in [0.5, 0.6) is 11.5 Å². The zero-order valence-electron chi connectivity index (χ0n) is 7.77. The number of hydrogen-bond acceptors (Lipinski definition) is 5. The van der Waals surface area contributed by atoms with Crippen LogP contribution in [0.2, 0.25) is 0 Å². The van der Waals surface area contributed by atoms with E-state index in [1.165, 1.54) is 0 Å². The Morgan fingerprint density at radius 3 is 3.07 bits per heavy atom. The highest BCUT2D eigenvalue weighted by Crippen LogP contribution is 2.32. The molecule has 0 saturated heterocycles. The van der Waals surface area contributed by atoms with Gasteiger partial charge in [0, 0.05) is 5.56 Å². The molecule has 0 bridgehead atoms. The minimum atomic E-state index is -0.204. The maximum absolute atomic E-state index is 11.5. The molecule has 6 heteroatoms. The van der Waals surface area contributed by atoms with Crippen molar-refractivity contribution in [3.63, 3.8) is 0 Å². The van der Waals surface area contributed by atoms with Crippen molar-refractivity contribution in [2.75, 3.05) is 13.3 Å². The molecule has 0 aromatic heterocycles. The summed E-state index contributed by atoms with van der Waals surface area (Å²) >= 11 is 0. The van der Waals surface area contributed by atoms with E-state index in [0.717, 1.165) is 0 Å². The zero-order chi connectivity index (χ0) is 10.7. The summed E-state index contributed by atoms with van der Waals surface area (Å²) in [5.74, 6) is 0.988. The van der Waals surface area contributed by atoms with Gasteiger partial charge in [-0.1, -0.05) is 0 Å². The minimum absolute atomic E-state index is 0.122. The van der Waals surface area contributed by atoms with E-state index in [1.807, 2.05) is 0 Å². The topological polar surface area (TPSA) is 85.8 Å². The Kier molecular flexibility index (Phi) is 2.43. The molecular formula is C9H8N3O3+. The normalized spacial score (nSPS) is 12.0. The second-order valence-electron chi connectivity index (χ2n) is 2.89. The standard InChI is InChI=1S/C9H8N3O3/c10-12-11-4-7(13)6-1-2-8-9(3-6)15-5-14-8/h1-3,10H,4-5H2/q+1. The van der Waals surface area contributed by atoms with E-state index in [2.05, 4.69) is 10.0 Å². The molecule has 0 atom stereocenters. The van der Waals surface area contributed by atoms with Crippen molar-refractivity contribution < 1.29 is 14.3 Å². The maximum atomic E-state index is 11.5. The van der Waals surface area contributed by atoms with Gasteiger partial charge < -0.3 is 9.47 Å². The van der Waals surface area contributed by atoms with Gasteiger partial charge in [-0.15, -0.1) is 0 Å². The summed E-state index contributed by atoms with van der Waals surface area (Å²) in [5.41, 5.74) is 6.92. The number of rotatable bonds is 3. The molecule has 0 fully saturated rings. The molecule has 0 radical (unpaired) electrons. The molecular weight excluding hydrogens is 198 g/mol. The molecule has 1 aromatic rings. The molecule has 2 rings (SSSR count). The van der Waals surface area contributed by atoms with E-state index in [4.69, 9.17) is 15.0 Å². The van der Waals surface area contributed by atoms with Crippen LogP contribution in [0, 0.1) is 5.53 Å². The summed E-state index contributed by atoms with van der Waals surface area (Å²) in [6, 6.07) is 4.91. The van der Waals surface area contributed by atoms with E-state index in [0.29, 0.717) is 17.1 Å². The van der Waals surface area contributed by atoms with E-state index in [-0.39, 0.29) is 19.1 Å². The quantitative estimate of drug-likeness (QED) is 0.457. The molecule has 0 unspecified atom stereocenters. The van der Waals surface area contributed by atoms with Gasteiger partial charge in [0.15, 0.2) is 23.8 Å². The first-order chi connectivity index (χ1) is 7.31. The molecule has 15 heavy (non-hydrogen) atoms. The van der Waals surface area contributed by atoms with Crippen LogP contribution in [0.3, 0.4) is 0 Å². The highest BCUT2D eigenvalue weighted by Gasteiger charge is 2.16. The van der Waals surface area contributed by atoms with Gasteiger partial charge >= 0.3 is 0 Å². The smallest absolute Gasteiger partial charge is 0.231 e. The highest BCUT2D eigenvalue weighted by atomic mass is 16.7. The van der Waals surface area contributed by atoms with Crippen molar-refractivity contribution in [1.82, 2.24) is 4.91 Å². The lowest BCUT2D eigenvalue weighted by Crippen LogP contribution is -2.02. The molecule has 0 amide bonds. The lowest BCUT2D eigenvalue weighted by Gasteiger charge is -1.98. The van der Waals surface area contributed by atoms with E-state index >= 15 is 0 Å². The van der Waals surface area contributed by atoms with Crippen molar-refractivity contribution >= 4 is 5.78 Å². The Bertz CT molecular complexity index is 452. The summed E-state index contributed by atoms with van der Waals surface area (Å²) in [7, 11) is 0. The van der Waals surface area contributed by atoms with Crippen LogP contribution in [0.1, 0.15) is 10.4 Å². The second-order valence-corrected chi connectivity index (χ2v) is 2.89. The average molecular weight is 206 g/mol. The number of fused-ring (bicyclic) bond motifs is 1. The van der Waals surface area contributed by atoms with Gasteiger partial charge in [-0.3, -0.25) is 4.79 Å². The highest BCUT2D eigenvalue weighted by molar-refractivity contribution is 5.98. The fourth-order valence-electron chi connectivity index (χ4n) is 1.26. The number of hydrogen-bond donors (Lipinski definition) is 1. The van der Waals surface area contributed by atoms with Crippen molar-refractivity contribution in [2.45, 2.75) is 0 Å². The predicted octanol–water partition coefficient (Wildman–Crippen LogP) is 1.15. The van der Waals surface area contributed by atoms with Crippen LogP contribution in [-0.2, 0) is 0 Å². The van der Waals surface area contributed by atoms with Crippen molar-refractivity contribution in [2.24, 2.45) is 5.11 Å². The van der Waals surface area contributed by atoms with E-state index in [9.17, 15) is 4.79 Å². The molecule has 1 N–H and O–H groups in total. The number of ether oxygens (including phenoxy) is 2. The first kappa shape index (κ1) is 9.36. The lowest BCUT2D eigenvalue weighted by molar-refractivity contribution is 0.0999. The van der Waals surface area contributed by atoms with E-state index in [1.54, 1.807) is 18.2 Å². The number of Topliss-reactive ketones (excluding diaryl/α,β-unsaturated/α-hetero) is 1. The summed E-state index contributed by atoms with van der Waals surface area (Å²) in [5, 5.41) is 3.31. The maximum Gasteiger partial charge on any atom is 0.231 e. The number of carbonyl (C=O) groups is 1. The Morgan fingerprint density at radius 1 is 1.47 bits per heavy atom. The van der Waals surface area contributed by atoms with Crippen LogP contribution in [0.15, 0.2) is 23.3 Å². The number of nitrogens with one attached hydrogen (secondary N) is 1. The van der Waals surface area contributed by atoms with Crippen LogP contribution in [0.4, 0.5) is 0 Å². The van der Waals surface area contributed by atoms with E-state index < -0.39 is 0 Å². The predicted molar refractivity (Wildman–Crippen MR) is 49.0 cm³/mol. The molecule has 76 valence electrons. The SMILES string of the molecule is N=[N+]=NCC(=O)c1ccc2c(c1)OCO2. The van der Waals surface area contributed by atoms with Crippen molar-refractivity contribution in [3.8, 4) is 11.5 Å². The summed E-state index contributed by atoms with van der Waals surface area (Å²) in [6.07, 6.45) is 0. The number of nitrogens with zero attached hydrogens (tertiary/aromatic N) is 2. The van der Waals surface area contributed by atoms with Gasteiger partial charge in [0.2, 0.25) is 11.7 Å². The molecule has 0 aliphatic carbocycles. The first-order valence-corrected chi connectivity index (χ1v) is 4.27. The molecule has 1 aliphatic heterocycles. The van der Waals surface area contributed by atoms with Gasteiger partial charge in [-0.2, -0.15) is 0 Å². The molecule has 0 saturated carbocycles. The van der Waals surface area contributed by atoms with Crippen LogP contribution in [-0.4, -0.2) is 19.1 Å². The van der Waals surface area contributed by atoms with Gasteiger partial charge in [0.1, 0.15) is 10.6 Å². The minimum Gasteiger partial charge on any atom is -0.454 e. The molecule has 0 spiro atoms. The van der Waals surface area contributed by atoms with Crippen LogP contribution >= 0.6 is 0 Å². The van der Waals surface area contributed by atoms with Gasteiger partial charge in [-0.05, 0) is 18.2 Å². The summed E-state index contributed by atoms with van der Waals surface area (Å²) < 4.78 is 10.2. The first-order valence-electron chi connectivity index (χ1n) is 4.27.